The van der Waals surface area contributed by atoms with E-state index in [-0.39, 0.29) is 22.1 Å². The van der Waals surface area contributed by atoms with E-state index in [0.29, 0.717) is 11.2 Å². The third kappa shape index (κ3) is 5.86. The number of pyridine rings is 2. The van der Waals surface area contributed by atoms with E-state index in [0.717, 1.165) is 25.9 Å². The van der Waals surface area contributed by atoms with Crippen LogP contribution in [0.2, 0.25) is 0 Å². The van der Waals surface area contributed by atoms with Crippen molar-refractivity contribution in [2.24, 2.45) is 5.41 Å². The van der Waals surface area contributed by atoms with Gasteiger partial charge in [0, 0.05) is 18.6 Å². The summed E-state index contributed by atoms with van der Waals surface area (Å²) in [5, 5.41) is 22.7. The van der Waals surface area contributed by atoms with Crippen molar-refractivity contribution in [1.29, 1.82) is 0 Å². The number of carbonyl (C=O) groups is 1. The largest absolute Gasteiger partial charge is 0.393 e. The normalized spacial score (nSPS) is 19.1. The molecule has 1 saturated carbocycles. The number of nitrogens with one attached hydrogen (secondary N) is 2. The summed E-state index contributed by atoms with van der Waals surface area (Å²) in [5.74, 6) is 0.0161. The van der Waals surface area contributed by atoms with Crippen LogP contribution in [0.4, 0.5) is 11.6 Å². The third-order valence-corrected chi connectivity index (χ3v) is 8.40. The molecule has 2 aromatic rings. The van der Waals surface area contributed by atoms with Crippen LogP contribution < -0.4 is 14.9 Å². The van der Waals surface area contributed by atoms with Crippen molar-refractivity contribution in [2.45, 2.75) is 69.5 Å². The van der Waals surface area contributed by atoms with E-state index >= 15 is 0 Å². The van der Waals surface area contributed by atoms with Gasteiger partial charge in [-0.1, -0.05) is 6.07 Å². The number of piperidine rings is 1. The molecule has 4 rings (SSSR count). The molecule has 2 fully saturated rings. The molecule has 0 aromatic carbocycles. The molecule has 1 atom stereocenters. The van der Waals surface area contributed by atoms with Crippen LogP contribution in [-0.4, -0.2) is 59.7 Å². The average Bonchev–Trinajstić information content (AvgIpc) is 3.56. The van der Waals surface area contributed by atoms with Gasteiger partial charge in [0.1, 0.15) is 17.2 Å². The molecule has 4 N–H and O–H groups in total. The molecule has 10 nitrogen and oxygen atoms in total. The summed E-state index contributed by atoms with van der Waals surface area (Å²) in [7, 11) is -3.88. The topological polar surface area (TPSA) is 145 Å². The first-order valence-electron chi connectivity index (χ1n) is 12.2. The van der Waals surface area contributed by atoms with Crippen molar-refractivity contribution >= 4 is 27.6 Å². The Morgan fingerprint density at radius 3 is 2.31 bits per heavy atom. The standard InChI is InChI=1S/C25H35N5O5S/c1-23(2,3)29-36(34,35)20-7-5-6-19(27-20)28-22(32)17-8-9-18(24(4,33)16-31)26-21(17)30-14-12-25(10-11-25)13-15-30/h5-9,29,31,33H,10-16H2,1-4H3,(H,27,28,32). The quantitative estimate of drug-likeness (QED) is 0.438. The maximum Gasteiger partial charge on any atom is 0.260 e. The second-order valence-electron chi connectivity index (χ2n) is 11.2. The van der Waals surface area contributed by atoms with Gasteiger partial charge in [0.25, 0.3) is 15.9 Å². The first-order valence-corrected chi connectivity index (χ1v) is 13.6. The van der Waals surface area contributed by atoms with Crippen molar-refractivity contribution in [1.82, 2.24) is 14.7 Å². The number of carbonyl (C=O) groups excluding carboxylic acids is 1. The van der Waals surface area contributed by atoms with Crippen LogP contribution >= 0.6 is 0 Å². The summed E-state index contributed by atoms with van der Waals surface area (Å²) >= 11 is 0. The molecule has 1 aliphatic carbocycles. The number of anilines is 2. The first kappa shape index (κ1) is 26.5. The zero-order chi connectivity index (χ0) is 26.4. The highest BCUT2D eigenvalue weighted by atomic mass is 32.2. The van der Waals surface area contributed by atoms with Gasteiger partial charge in [-0.2, -0.15) is 0 Å². The molecule has 0 radical (unpaired) electrons. The number of sulfonamides is 1. The zero-order valence-electron chi connectivity index (χ0n) is 21.2. The predicted octanol–water partition coefficient (Wildman–Crippen LogP) is 2.39. The maximum atomic E-state index is 13.3. The Bertz CT molecular complexity index is 1240. The molecule has 1 unspecified atom stereocenters. The molecule has 196 valence electrons. The van der Waals surface area contributed by atoms with Crippen LogP contribution in [0.15, 0.2) is 35.4 Å². The summed E-state index contributed by atoms with van der Waals surface area (Å²) in [4.78, 5) is 24.1. The fraction of sp³-hybridized carbons (Fsp3) is 0.560. The molecule has 1 spiro atoms. The van der Waals surface area contributed by atoms with Crippen LogP contribution in [0, 0.1) is 5.41 Å². The van der Waals surface area contributed by atoms with Crippen LogP contribution in [0.25, 0.3) is 0 Å². The summed E-state index contributed by atoms with van der Waals surface area (Å²) in [6, 6.07) is 7.48. The van der Waals surface area contributed by atoms with Gasteiger partial charge in [-0.25, -0.2) is 23.1 Å². The lowest BCUT2D eigenvalue weighted by molar-refractivity contribution is -0.00581. The summed E-state index contributed by atoms with van der Waals surface area (Å²) in [5.41, 5.74) is -1.28. The number of hydrogen-bond acceptors (Lipinski definition) is 8. The Balaban J connectivity index is 1.62. The summed E-state index contributed by atoms with van der Waals surface area (Å²) < 4.78 is 27.9. The van der Waals surface area contributed by atoms with Crippen LogP contribution in [0.1, 0.15) is 69.4 Å². The van der Waals surface area contributed by atoms with E-state index in [2.05, 4.69) is 20.0 Å². The van der Waals surface area contributed by atoms with E-state index < -0.39 is 33.7 Å². The summed E-state index contributed by atoms with van der Waals surface area (Å²) in [6.07, 6.45) is 4.49. The van der Waals surface area contributed by atoms with Crippen molar-refractivity contribution < 1.29 is 23.4 Å². The molecular weight excluding hydrogens is 482 g/mol. The van der Waals surface area contributed by atoms with E-state index in [4.69, 9.17) is 0 Å². The van der Waals surface area contributed by atoms with E-state index in [1.54, 1.807) is 26.8 Å². The lowest BCUT2D eigenvalue weighted by atomic mass is 9.93. The fourth-order valence-electron chi connectivity index (χ4n) is 4.39. The molecular formula is C25H35N5O5S. The van der Waals surface area contributed by atoms with E-state index in [1.807, 2.05) is 4.90 Å². The van der Waals surface area contributed by atoms with Crippen LogP contribution in [-0.2, 0) is 15.6 Å². The maximum absolute atomic E-state index is 13.3. The number of nitrogens with zero attached hydrogens (tertiary/aromatic N) is 3. The molecule has 1 aliphatic heterocycles. The smallest absolute Gasteiger partial charge is 0.260 e. The zero-order valence-corrected chi connectivity index (χ0v) is 22.0. The minimum atomic E-state index is -3.88. The van der Waals surface area contributed by atoms with Gasteiger partial charge in [0.15, 0.2) is 5.03 Å². The Morgan fingerprint density at radius 1 is 1.06 bits per heavy atom. The minimum Gasteiger partial charge on any atom is -0.393 e. The minimum absolute atomic E-state index is 0.0877. The first-order chi connectivity index (χ1) is 16.7. The molecule has 0 bridgehead atoms. The van der Waals surface area contributed by atoms with Gasteiger partial charge < -0.3 is 20.4 Å². The second kappa shape index (κ2) is 9.37. The Labute approximate surface area is 212 Å². The molecule has 1 saturated heterocycles. The third-order valence-electron chi connectivity index (χ3n) is 6.74. The van der Waals surface area contributed by atoms with E-state index in [9.17, 15) is 23.4 Å². The number of aliphatic hydroxyl groups excluding tert-OH is 1. The molecule has 2 aromatic heterocycles. The Kier molecular flexibility index (Phi) is 6.89. The number of amides is 1. The average molecular weight is 518 g/mol. The van der Waals surface area contributed by atoms with E-state index in [1.165, 1.54) is 44.0 Å². The van der Waals surface area contributed by atoms with Crippen LogP contribution in [0.5, 0.6) is 0 Å². The van der Waals surface area contributed by atoms with Crippen LogP contribution in [0.3, 0.4) is 0 Å². The SMILES string of the molecule is CC(C)(C)NS(=O)(=O)c1cccc(NC(=O)c2ccc(C(C)(O)CO)nc2N2CCC3(CC2)CC3)n1. The van der Waals surface area contributed by atoms with Crippen molar-refractivity contribution in [2.75, 3.05) is 29.9 Å². The van der Waals surface area contributed by atoms with Gasteiger partial charge in [-0.05, 0) is 83.1 Å². The molecule has 3 heterocycles. The summed E-state index contributed by atoms with van der Waals surface area (Å²) in [6.45, 7) is 7.62. The Hall–Kier alpha value is -2.60. The van der Waals surface area contributed by atoms with Gasteiger partial charge >= 0.3 is 0 Å². The molecule has 1 amide bonds. The number of aliphatic hydroxyl groups is 2. The molecule has 11 heteroatoms. The highest BCUT2D eigenvalue weighted by Crippen LogP contribution is 2.54. The van der Waals surface area contributed by atoms with Gasteiger partial charge in [0.2, 0.25) is 0 Å². The number of aromatic nitrogens is 2. The molecule has 2 aliphatic rings. The predicted molar refractivity (Wildman–Crippen MR) is 136 cm³/mol. The fourth-order valence-corrected chi connectivity index (χ4v) is 5.78. The van der Waals surface area contributed by atoms with Crippen molar-refractivity contribution in [3.05, 3.63) is 41.6 Å². The number of rotatable bonds is 7. The van der Waals surface area contributed by atoms with Crippen molar-refractivity contribution in [3.63, 3.8) is 0 Å². The monoisotopic (exact) mass is 517 g/mol. The van der Waals surface area contributed by atoms with Gasteiger partial charge in [0.05, 0.1) is 17.9 Å². The highest BCUT2D eigenvalue weighted by Gasteiger charge is 2.45. The number of hydrogen-bond donors (Lipinski definition) is 4. The lowest BCUT2D eigenvalue weighted by Gasteiger charge is -2.34. The van der Waals surface area contributed by atoms with Gasteiger partial charge in [-0.3, -0.25) is 4.79 Å². The highest BCUT2D eigenvalue weighted by molar-refractivity contribution is 7.89. The molecule has 36 heavy (non-hydrogen) atoms. The van der Waals surface area contributed by atoms with Gasteiger partial charge in [-0.15, -0.1) is 0 Å². The van der Waals surface area contributed by atoms with Crippen molar-refractivity contribution in [3.8, 4) is 0 Å². The Morgan fingerprint density at radius 2 is 1.72 bits per heavy atom. The second-order valence-corrected chi connectivity index (χ2v) is 12.8. The lowest BCUT2D eigenvalue weighted by Crippen LogP contribution is -2.40.